The topological polar surface area (TPSA) is 97.6 Å². The molecule has 2 amide bonds. The van der Waals surface area contributed by atoms with Gasteiger partial charge in [-0.25, -0.2) is 4.98 Å². The molecule has 0 spiro atoms. The van der Waals surface area contributed by atoms with Gasteiger partial charge in [-0.1, -0.05) is 32.0 Å². The van der Waals surface area contributed by atoms with Gasteiger partial charge in [0.25, 0.3) is 5.91 Å². The lowest BCUT2D eigenvalue weighted by atomic mass is 10.0. The Bertz CT molecular complexity index is 792. The van der Waals surface area contributed by atoms with E-state index in [0.29, 0.717) is 11.4 Å². The van der Waals surface area contributed by atoms with Crippen molar-refractivity contribution in [3.05, 3.63) is 42.5 Å². The van der Waals surface area contributed by atoms with E-state index in [1.54, 1.807) is 24.3 Å². The van der Waals surface area contributed by atoms with Crippen LogP contribution >= 0.6 is 0 Å². The van der Waals surface area contributed by atoms with Gasteiger partial charge in [-0.2, -0.15) is 0 Å². The third kappa shape index (κ3) is 3.55. The van der Waals surface area contributed by atoms with Gasteiger partial charge in [-0.15, -0.1) is 0 Å². The second-order valence-electron chi connectivity index (χ2n) is 6.18. The maximum absolute atomic E-state index is 12.8. The van der Waals surface area contributed by atoms with Crippen LogP contribution in [0.5, 0.6) is 5.75 Å². The number of nitrogens with two attached hydrogens (primary N) is 1. The van der Waals surface area contributed by atoms with Crippen molar-refractivity contribution in [2.75, 3.05) is 22.5 Å². The van der Waals surface area contributed by atoms with E-state index in [1.165, 1.54) is 4.90 Å². The zero-order valence-corrected chi connectivity index (χ0v) is 14.1. The Balaban J connectivity index is 1.86. The zero-order valence-electron chi connectivity index (χ0n) is 14.1. The number of ether oxygens (including phenoxy) is 1. The van der Waals surface area contributed by atoms with E-state index in [0.717, 1.165) is 0 Å². The number of hydrogen-bond donors (Lipinski definition) is 2. The van der Waals surface area contributed by atoms with Crippen molar-refractivity contribution >= 4 is 29.1 Å². The molecule has 7 heteroatoms. The van der Waals surface area contributed by atoms with Crippen LogP contribution in [-0.2, 0) is 9.59 Å². The van der Waals surface area contributed by atoms with Gasteiger partial charge in [0.15, 0.2) is 17.7 Å². The number of benzene rings is 1. The van der Waals surface area contributed by atoms with Gasteiger partial charge in [0.05, 0.1) is 0 Å². The van der Waals surface area contributed by atoms with Gasteiger partial charge < -0.3 is 15.8 Å². The Morgan fingerprint density at radius 1 is 1.28 bits per heavy atom. The summed E-state index contributed by atoms with van der Waals surface area (Å²) in [6.07, 6.45) is -0.664. The number of nitrogens with one attached hydrogen (secondary N) is 1. The van der Waals surface area contributed by atoms with Crippen molar-refractivity contribution in [3.63, 3.8) is 0 Å². The SMILES string of the molecule is CC(C)C1Oc2ccc(N)nc2N(CC(=O)Nc2ccccc2)C1=O. The van der Waals surface area contributed by atoms with Crippen molar-refractivity contribution < 1.29 is 14.3 Å². The minimum absolute atomic E-state index is 0.0436. The highest BCUT2D eigenvalue weighted by Crippen LogP contribution is 2.34. The molecule has 3 N–H and O–H groups in total. The van der Waals surface area contributed by atoms with E-state index >= 15 is 0 Å². The van der Waals surface area contributed by atoms with E-state index < -0.39 is 6.10 Å². The maximum atomic E-state index is 12.8. The lowest BCUT2D eigenvalue weighted by Crippen LogP contribution is -2.51. The molecule has 7 nitrogen and oxygen atoms in total. The minimum atomic E-state index is -0.664. The molecule has 0 bridgehead atoms. The normalized spacial score (nSPS) is 16.4. The number of carbonyl (C=O) groups excluding carboxylic acids is 2. The summed E-state index contributed by atoms with van der Waals surface area (Å²) in [6, 6.07) is 12.3. The van der Waals surface area contributed by atoms with Crippen LogP contribution in [0.1, 0.15) is 13.8 Å². The molecule has 1 aliphatic rings. The molecule has 1 aromatic heterocycles. The standard InChI is InChI=1S/C18H20N4O3/c1-11(2)16-18(24)22(17-13(25-16)8-9-14(19)21-17)10-15(23)20-12-6-4-3-5-7-12/h3-9,11,16H,10H2,1-2H3,(H2,19,21)(H,20,23). The molecule has 0 radical (unpaired) electrons. The molecule has 1 atom stereocenters. The van der Waals surface area contributed by atoms with Crippen LogP contribution in [0, 0.1) is 5.92 Å². The number of hydrogen-bond acceptors (Lipinski definition) is 5. The fraction of sp³-hybridized carbons (Fsp3) is 0.278. The molecule has 1 unspecified atom stereocenters. The first-order valence-corrected chi connectivity index (χ1v) is 8.05. The summed E-state index contributed by atoms with van der Waals surface area (Å²) in [7, 11) is 0. The highest BCUT2D eigenvalue weighted by atomic mass is 16.5. The zero-order chi connectivity index (χ0) is 18.0. The van der Waals surface area contributed by atoms with Gasteiger partial charge in [0.2, 0.25) is 5.91 Å². The van der Waals surface area contributed by atoms with Crippen LogP contribution in [0.3, 0.4) is 0 Å². The van der Waals surface area contributed by atoms with Crippen LogP contribution in [0.15, 0.2) is 42.5 Å². The Morgan fingerprint density at radius 2 is 2.00 bits per heavy atom. The van der Waals surface area contributed by atoms with Crippen molar-refractivity contribution in [3.8, 4) is 5.75 Å². The van der Waals surface area contributed by atoms with E-state index in [9.17, 15) is 9.59 Å². The molecule has 3 rings (SSSR count). The summed E-state index contributed by atoms with van der Waals surface area (Å²) in [4.78, 5) is 30.7. The number of anilines is 3. The number of nitrogen functional groups attached to an aromatic ring is 1. The smallest absolute Gasteiger partial charge is 0.270 e. The average molecular weight is 340 g/mol. The summed E-state index contributed by atoms with van der Waals surface area (Å²) in [5, 5.41) is 2.77. The van der Waals surface area contributed by atoms with Crippen LogP contribution in [0.2, 0.25) is 0 Å². The number of amides is 2. The first kappa shape index (κ1) is 16.8. The lowest BCUT2D eigenvalue weighted by Gasteiger charge is -2.34. The molecular weight excluding hydrogens is 320 g/mol. The van der Waals surface area contributed by atoms with Gasteiger partial charge >= 0.3 is 0 Å². The Kier molecular flexibility index (Phi) is 4.56. The summed E-state index contributed by atoms with van der Waals surface area (Å²) in [5.74, 6) is 0.303. The summed E-state index contributed by atoms with van der Waals surface area (Å²) in [5.41, 5.74) is 6.39. The minimum Gasteiger partial charge on any atom is -0.476 e. The Labute approximate surface area is 145 Å². The molecule has 130 valence electrons. The first-order valence-electron chi connectivity index (χ1n) is 8.05. The monoisotopic (exact) mass is 340 g/mol. The van der Waals surface area contributed by atoms with Gasteiger partial charge in [0.1, 0.15) is 12.4 Å². The molecule has 0 saturated carbocycles. The third-order valence-electron chi connectivity index (χ3n) is 3.84. The molecule has 0 saturated heterocycles. The Morgan fingerprint density at radius 3 is 2.68 bits per heavy atom. The number of carbonyl (C=O) groups is 2. The molecular formula is C18H20N4O3. The summed E-state index contributed by atoms with van der Waals surface area (Å²) < 4.78 is 5.75. The number of nitrogens with zero attached hydrogens (tertiary/aromatic N) is 2. The molecule has 1 aliphatic heterocycles. The first-order chi connectivity index (χ1) is 12.0. The number of rotatable bonds is 4. The highest BCUT2D eigenvalue weighted by Gasteiger charge is 2.38. The highest BCUT2D eigenvalue weighted by molar-refractivity contribution is 6.05. The van der Waals surface area contributed by atoms with Gasteiger partial charge in [0, 0.05) is 5.69 Å². The van der Waals surface area contributed by atoms with Gasteiger partial charge in [-0.05, 0) is 30.2 Å². The lowest BCUT2D eigenvalue weighted by molar-refractivity contribution is -0.129. The quantitative estimate of drug-likeness (QED) is 0.888. The predicted molar refractivity (Wildman–Crippen MR) is 95.3 cm³/mol. The third-order valence-corrected chi connectivity index (χ3v) is 3.84. The molecule has 25 heavy (non-hydrogen) atoms. The number of fused-ring (bicyclic) bond motifs is 1. The summed E-state index contributed by atoms with van der Waals surface area (Å²) >= 11 is 0. The van der Waals surface area contributed by atoms with Crippen molar-refractivity contribution in [1.82, 2.24) is 4.98 Å². The van der Waals surface area contributed by atoms with Crippen LogP contribution in [-0.4, -0.2) is 29.4 Å². The number of pyridine rings is 1. The molecule has 0 fully saturated rings. The fourth-order valence-corrected chi connectivity index (χ4v) is 2.62. The van der Waals surface area contributed by atoms with E-state index in [4.69, 9.17) is 10.5 Å². The van der Waals surface area contributed by atoms with E-state index in [1.807, 2.05) is 32.0 Å². The molecule has 1 aromatic carbocycles. The molecule has 2 heterocycles. The largest absolute Gasteiger partial charge is 0.476 e. The van der Waals surface area contributed by atoms with Gasteiger partial charge in [-0.3, -0.25) is 14.5 Å². The second-order valence-corrected chi connectivity index (χ2v) is 6.18. The predicted octanol–water partition coefficient (Wildman–Crippen LogP) is 2.05. The number of para-hydroxylation sites is 1. The van der Waals surface area contributed by atoms with E-state index in [-0.39, 0.29) is 35.9 Å². The second kappa shape index (κ2) is 6.80. The van der Waals surface area contributed by atoms with Crippen LogP contribution in [0.4, 0.5) is 17.3 Å². The van der Waals surface area contributed by atoms with Crippen LogP contribution in [0.25, 0.3) is 0 Å². The van der Waals surface area contributed by atoms with Crippen LogP contribution < -0.4 is 20.7 Å². The van der Waals surface area contributed by atoms with Crippen molar-refractivity contribution in [2.24, 2.45) is 5.92 Å². The maximum Gasteiger partial charge on any atom is 0.270 e. The fourth-order valence-electron chi connectivity index (χ4n) is 2.62. The molecule has 2 aromatic rings. The van der Waals surface area contributed by atoms with Crippen molar-refractivity contribution in [1.29, 1.82) is 0 Å². The van der Waals surface area contributed by atoms with E-state index in [2.05, 4.69) is 10.3 Å². The summed E-state index contributed by atoms with van der Waals surface area (Å²) in [6.45, 7) is 3.62. The Hall–Kier alpha value is -3.09. The molecule has 0 aliphatic carbocycles. The average Bonchev–Trinajstić information content (AvgIpc) is 2.58. The van der Waals surface area contributed by atoms with Crippen molar-refractivity contribution in [2.45, 2.75) is 20.0 Å². The number of aromatic nitrogens is 1.